The summed E-state index contributed by atoms with van der Waals surface area (Å²) in [6.45, 7) is 1.20. The van der Waals surface area contributed by atoms with E-state index in [1.807, 2.05) is 36.4 Å². The van der Waals surface area contributed by atoms with Crippen molar-refractivity contribution in [1.82, 2.24) is 4.90 Å². The minimum atomic E-state index is -1.82. The topological polar surface area (TPSA) is 106 Å². The number of fused-ring (bicyclic) bond motifs is 1. The van der Waals surface area contributed by atoms with Gasteiger partial charge in [0.15, 0.2) is 11.5 Å². The van der Waals surface area contributed by atoms with Crippen molar-refractivity contribution in [1.29, 1.82) is 0 Å². The van der Waals surface area contributed by atoms with Crippen LogP contribution in [-0.2, 0) is 9.59 Å². The van der Waals surface area contributed by atoms with Gasteiger partial charge in [0.1, 0.15) is 6.10 Å². The first kappa shape index (κ1) is 21.0. The van der Waals surface area contributed by atoms with Crippen molar-refractivity contribution in [3.05, 3.63) is 54.1 Å². The molecule has 0 fully saturated rings. The van der Waals surface area contributed by atoms with Gasteiger partial charge in [0.25, 0.3) is 0 Å². The van der Waals surface area contributed by atoms with Crippen molar-refractivity contribution in [2.75, 3.05) is 27.4 Å². The number of para-hydroxylation sites is 1. The van der Waals surface area contributed by atoms with Gasteiger partial charge in [0.2, 0.25) is 12.5 Å². The predicted octanol–water partition coefficient (Wildman–Crippen LogP) is 2.64. The van der Waals surface area contributed by atoms with Crippen LogP contribution in [0, 0.1) is 0 Å². The number of carboxylic acid groups (broad SMARTS) is 2. The summed E-state index contributed by atoms with van der Waals surface area (Å²) in [6, 6.07) is 16.0. The second kappa shape index (κ2) is 10.2. The quantitative estimate of drug-likeness (QED) is 0.727. The second-order valence-electron chi connectivity index (χ2n) is 6.21. The average molecular weight is 389 g/mol. The molecule has 0 saturated heterocycles. The van der Waals surface area contributed by atoms with E-state index in [1.54, 1.807) is 0 Å². The van der Waals surface area contributed by atoms with Crippen molar-refractivity contribution in [2.45, 2.75) is 12.5 Å². The number of aliphatic carboxylic acids is 2. The first-order valence-electron chi connectivity index (χ1n) is 8.59. The Kier molecular flexibility index (Phi) is 7.65. The Morgan fingerprint density at radius 2 is 1.71 bits per heavy atom. The third-order valence-electron chi connectivity index (χ3n) is 3.82. The number of benzene rings is 2. The van der Waals surface area contributed by atoms with Crippen LogP contribution in [0.4, 0.5) is 0 Å². The van der Waals surface area contributed by atoms with Gasteiger partial charge in [-0.1, -0.05) is 36.4 Å². The Morgan fingerprint density at radius 1 is 1.04 bits per heavy atom. The lowest BCUT2D eigenvalue weighted by molar-refractivity contribution is -0.159. The molecule has 8 heteroatoms. The van der Waals surface area contributed by atoms with E-state index in [2.05, 4.69) is 31.1 Å². The van der Waals surface area contributed by atoms with E-state index in [4.69, 9.17) is 34.0 Å². The fraction of sp³-hybridized carbons (Fsp3) is 0.300. The van der Waals surface area contributed by atoms with Crippen molar-refractivity contribution >= 4 is 11.9 Å². The number of carbonyl (C=O) groups is 2. The van der Waals surface area contributed by atoms with Crippen LogP contribution in [-0.4, -0.2) is 54.5 Å². The van der Waals surface area contributed by atoms with E-state index in [9.17, 15) is 0 Å². The fourth-order valence-corrected chi connectivity index (χ4v) is 2.49. The molecule has 0 unspecified atom stereocenters. The molecule has 2 aromatic carbocycles. The minimum absolute atomic E-state index is 0.0145. The zero-order chi connectivity index (χ0) is 20.5. The van der Waals surface area contributed by atoms with Crippen molar-refractivity contribution in [3.63, 3.8) is 0 Å². The molecule has 28 heavy (non-hydrogen) atoms. The third kappa shape index (κ3) is 6.17. The summed E-state index contributed by atoms with van der Waals surface area (Å²) in [5.74, 6) is -1.46. The zero-order valence-corrected chi connectivity index (χ0v) is 15.7. The largest absolute Gasteiger partial charge is 0.482 e. The summed E-state index contributed by atoms with van der Waals surface area (Å²) in [6.07, 6.45) is 0.890. The lowest BCUT2D eigenvalue weighted by Crippen LogP contribution is -2.18. The van der Waals surface area contributed by atoms with E-state index >= 15 is 0 Å². The maximum Gasteiger partial charge on any atom is 0.414 e. The molecule has 3 rings (SSSR count). The van der Waals surface area contributed by atoms with Gasteiger partial charge in [0, 0.05) is 13.0 Å². The van der Waals surface area contributed by atoms with Crippen molar-refractivity contribution < 1.29 is 34.0 Å². The zero-order valence-electron chi connectivity index (χ0n) is 15.7. The Bertz CT molecular complexity index is 780. The molecule has 2 aromatic rings. The molecule has 1 heterocycles. The second-order valence-corrected chi connectivity index (χ2v) is 6.21. The van der Waals surface area contributed by atoms with Crippen molar-refractivity contribution in [3.8, 4) is 17.2 Å². The number of nitrogens with zero attached hydrogens (tertiary/aromatic N) is 1. The Balaban J connectivity index is 0.000000409. The maximum atomic E-state index is 9.10. The van der Waals surface area contributed by atoms with Gasteiger partial charge in [-0.15, -0.1) is 0 Å². The standard InChI is InChI=1S/C18H21NO3.C2H2O4/c1-19(2)12-11-15(14-7-4-3-5-8-14)22-17-10-6-9-16-18(17)21-13-20-16;3-1(4)2(5)6/h3-10,15H,11-13H2,1-2H3;(H,3,4)(H,5,6)/t15-;/m1./s1. The smallest absolute Gasteiger partial charge is 0.414 e. The number of hydrogen-bond donors (Lipinski definition) is 2. The van der Waals surface area contributed by atoms with Gasteiger partial charge in [-0.05, 0) is 31.8 Å². The van der Waals surface area contributed by atoms with E-state index in [0.717, 1.165) is 24.5 Å². The molecule has 0 amide bonds. The lowest BCUT2D eigenvalue weighted by atomic mass is 10.1. The summed E-state index contributed by atoms with van der Waals surface area (Å²) in [4.78, 5) is 20.4. The molecule has 1 aliphatic rings. The number of rotatable bonds is 6. The van der Waals surface area contributed by atoms with Crippen LogP contribution >= 0.6 is 0 Å². The first-order valence-corrected chi connectivity index (χ1v) is 8.59. The van der Waals surface area contributed by atoms with E-state index in [1.165, 1.54) is 5.56 Å². The molecule has 8 nitrogen and oxygen atoms in total. The molecule has 0 radical (unpaired) electrons. The van der Waals surface area contributed by atoms with Crippen LogP contribution in [0.1, 0.15) is 18.1 Å². The molecule has 1 aliphatic heterocycles. The van der Waals surface area contributed by atoms with E-state index in [-0.39, 0.29) is 12.9 Å². The maximum absolute atomic E-state index is 9.10. The lowest BCUT2D eigenvalue weighted by Gasteiger charge is -2.22. The molecular weight excluding hydrogens is 366 g/mol. The van der Waals surface area contributed by atoms with Crippen LogP contribution in [0.15, 0.2) is 48.5 Å². The van der Waals surface area contributed by atoms with E-state index < -0.39 is 11.9 Å². The average Bonchev–Trinajstić information content (AvgIpc) is 3.15. The van der Waals surface area contributed by atoms with Gasteiger partial charge in [0.05, 0.1) is 0 Å². The summed E-state index contributed by atoms with van der Waals surface area (Å²) >= 11 is 0. The highest BCUT2D eigenvalue weighted by molar-refractivity contribution is 6.27. The molecule has 0 spiro atoms. The highest BCUT2D eigenvalue weighted by Crippen LogP contribution is 2.42. The minimum Gasteiger partial charge on any atom is -0.482 e. The molecule has 0 aromatic heterocycles. The highest BCUT2D eigenvalue weighted by atomic mass is 16.7. The number of ether oxygens (including phenoxy) is 3. The number of hydrogen-bond acceptors (Lipinski definition) is 6. The third-order valence-corrected chi connectivity index (χ3v) is 3.82. The number of carboxylic acids is 2. The molecule has 150 valence electrons. The van der Waals surface area contributed by atoms with Crippen LogP contribution in [0.2, 0.25) is 0 Å². The summed E-state index contributed by atoms with van der Waals surface area (Å²) < 4.78 is 17.2. The van der Waals surface area contributed by atoms with Gasteiger partial charge in [-0.3, -0.25) is 0 Å². The molecular formula is C20H23NO7. The molecule has 2 N–H and O–H groups in total. The summed E-state index contributed by atoms with van der Waals surface area (Å²) in [5, 5.41) is 14.8. The Labute approximate surface area is 162 Å². The summed E-state index contributed by atoms with van der Waals surface area (Å²) in [5.41, 5.74) is 1.17. The van der Waals surface area contributed by atoms with Crippen LogP contribution in [0.5, 0.6) is 17.2 Å². The fourth-order valence-electron chi connectivity index (χ4n) is 2.49. The van der Waals surface area contributed by atoms with E-state index in [0.29, 0.717) is 5.75 Å². The SMILES string of the molecule is CN(C)CC[C@@H](Oc1cccc2c1OCO2)c1ccccc1.O=C(O)C(=O)O. The first-order chi connectivity index (χ1) is 13.4. The molecule has 0 saturated carbocycles. The van der Waals surface area contributed by atoms with Gasteiger partial charge < -0.3 is 29.3 Å². The Hall–Kier alpha value is -3.26. The van der Waals surface area contributed by atoms with Crippen LogP contribution in [0.3, 0.4) is 0 Å². The van der Waals surface area contributed by atoms with Gasteiger partial charge in [-0.2, -0.15) is 0 Å². The monoisotopic (exact) mass is 389 g/mol. The highest BCUT2D eigenvalue weighted by Gasteiger charge is 2.22. The predicted molar refractivity (Wildman–Crippen MR) is 101 cm³/mol. The molecule has 0 bridgehead atoms. The summed E-state index contributed by atoms with van der Waals surface area (Å²) in [7, 11) is 4.14. The van der Waals surface area contributed by atoms with Crippen molar-refractivity contribution in [2.24, 2.45) is 0 Å². The Morgan fingerprint density at radius 3 is 2.32 bits per heavy atom. The molecule has 0 aliphatic carbocycles. The van der Waals surface area contributed by atoms with Crippen LogP contribution in [0.25, 0.3) is 0 Å². The van der Waals surface area contributed by atoms with Crippen LogP contribution < -0.4 is 14.2 Å². The van der Waals surface area contributed by atoms with Gasteiger partial charge >= 0.3 is 11.9 Å². The normalized spacial score (nSPS) is 12.7. The molecule has 1 atom stereocenters. The van der Waals surface area contributed by atoms with Gasteiger partial charge in [-0.25, -0.2) is 9.59 Å².